The van der Waals surface area contributed by atoms with Crippen LogP contribution in [0.1, 0.15) is 12.2 Å². The van der Waals surface area contributed by atoms with Crippen LogP contribution in [0.15, 0.2) is 30.9 Å². The lowest BCUT2D eigenvalue weighted by Gasteiger charge is -2.34. The normalized spacial score (nSPS) is 15.3. The van der Waals surface area contributed by atoms with Gasteiger partial charge >= 0.3 is 0 Å². The number of piperazine rings is 1. The van der Waals surface area contributed by atoms with Gasteiger partial charge in [0.25, 0.3) is 0 Å². The Labute approximate surface area is 147 Å². The summed E-state index contributed by atoms with van der Waals surface area (Å²) in [5.74, 6) is 1.82. The van der Waals surface area contributed by atoms with Crippen molar-refractivity contribution in [2.45, 2.75) is 19.9 Å². The summed E-state index contributed by atoms with van der Waals surface area (Å²) in [5, 5.41) is 3.00. The number of hydrogen-bond acceptors (Lipinski definition) is 6. The zero-order valence-electron chi connectivity index (χ0n) is 14.6. The average molecular weight is 343 g/mol. The van der Waals surface area contributed by atoms with Crippen molar-refractivity contribution in [2.75, 3.05) is 44.2 Å². The van der Waals surface area contributed by atoms with Crippen molar-refractivity contribution >= 4 is 11.9 Å². The van der Waals surface area contributed by atoms with E-state index in [2.05, 4.69) is 30.1 Å². The molecule has 0 saturated carbocycles. The third-order valence-electron chi connectivity index (χ3n) is 4.46. The molecule has 2 aromatic rings. The molecule has 0 unspecified atom stereocenters. The molecule has 1 aliphatic heterocycles. The number of anilines is 1. The molecule has 1 aliphatic rings. The molecular weight excluding hydrogens is 318 g/mol. The van der Waals surface area contributed by atoms with Crippen LogP contribution in [0.3, 0.4) is 0 Å². The quantitative estimate of drug-likeness (QED) is 0.779. The maximum Gasteiger partial charge on any atom is 0.225 e. The number of rotatable bonds is 7. The van der Waals surface area contributed by atoms with E-state index in [4.69, 9.17) is 0 Å². The Morgan fingerprint density at radius 3 is 2.52 bits per heavy atom. The molecule has 2 aromatic heterocycles. The van der Waals surface area contributed by atoms with Crippen LogP contribution in [0, 0.1) is 6.92 Å². The zero-order chi connectivity index (χ0) is 17.5. The molecule has 1 amide bonds. The monoisotopic (exact) mass is 343 g/mol. The molecule has 0 bridgehead atoms. The average Bonchev–Trinajstić information content (AvgIpc) is 3.06. The highest BCUT2D eigenvalue weighted by atomic mass is 16.1. The maximum absolute atomic E-state index is 11.9. The number of nitrogens with zero attached hydrogens (tertiary/aromatic N) is 6. The first kappa shape index (κ1) is 17.3. The molecule has 0 spiro atoms. The van der Waals surface area contributed by atoms with Crippen molar-refractivity contribution in [2.24, 2.45) is 0 Å². The summed E-state index contributed by atoms with van der Waals surface area (Å²) in [7, 11) is 0. The van der Waals surface area contributed by atoms with Crippen LogP contribution in [-0.4, -0.2) is 69.6 Å². The number of nitrogens with one attached hydrogen (secondary N) is 1. The van der Waals surface area contributed by atoms with Gasteiger partial charge in [0.15, 0.2) is 0 Å². The Kier molecular flexibility index (Phi) is 5.95. The van der Waals surface area contributed by atoms with E-state index >= 15 is 0 Å². The van der Waals surface area contributed by atoms with E-state index in [-0.39, 0.29) is 5.91 Å². The van der Waals surface area contributed by atoms with Gasteiger partial charge in [-0.1, -0.05) is 0 Å². The number of imidazole rings is 1. The first-order valence-electron chi connectivity index (χ1n) is 8.71. The largest absolute Gasteiger partial charge is 0.355 e. The SMILES string of the molecule is Cc1nccn1CCC(=O)NCCN1CCN(c2ncccn2)CC1. The van der Waals surface area contributed by atoms with Gasteiger partial charge in [-0.25, -0.2) is 15.0 Å². The van der Waals surface area contributed by atoms with Gasteiger partial charge in [-0.3, -0.25) is 9.69 Å². The van der Waals surface area contributed by atoms with Gasteiger partial charge in [0.2, 0.25) is 11.9 Å². The Bertz CT molecular complexity index is 665. The van der Waals surface area contributed by atoms with Gasteiger partial charge in [-0.15, -0.1) is 0 Å². The molecular formula is C17H25N7O. The minimum atomic E-state index is 0.0874. The third-order valence-corrected chi connectivity index (χ3v) is 4.46. The fraction of sp³-hybridized carbons (Fsp3) is 0.529. The smallest absolute Gasteiger partial charge is 0.225 e. The van der Waals surface area contributed by atoms with E-state index < -0.39 is 0 Å². The van der Waals surface area contributed by atoms with Crippen molar-refractivity contribution in [1.29, 1.82) is 0 Å². The van der Waals surface area contributed by atoms with Crippen LogP contribution >= 0.6 is 0 Å². The third kappa shape index (κ3) is 4.99. The fourth-order valence-electron chi connectivity index (χ4n) is 2.93. The first-order chi connectivity index (χ1) is 12.2. The van der Waals surface area contributed by atoms with E-state index in [1.54, 1.807) is 18.6 Å². The Hall–Kier alpha value is -2.48. The maximum atomic E-state index is 11.9. The molecule has 1 N–H and O–H groups in total. The topological polar surface area (TPSA) is 79.2 Å². The highest BCUT2D eigenvalue weighted by Gasteiger charge is 2.18. The molecule has 0 aliphatic carbocycles. The molecule has 25 heavy (non-hydrogen) atoms. The number of hydrogen-bond donors (Lipinski definition) is 1. The van der Waals surface area contributed by atoms with Gasteiger partial charge in [0.05, 0.1) is 0 Å². The second-order valence-electron chi connectivity index (χ2n) is 6.15. The van der Waals surface area contributed by atoms with E-state index in [9.17, 15) is 4.79 Å². The van der Waals surface area contributed by atoms with Crippen molar-refractivity contribution in [3.8, 4) is 0 Å². The van der Waals surface area contributed by atoms with E-state index in [1.165, 1.54) is 0 Å². The molecule has 1 saturated heterocycles. The summed E-state index contributed by atoms with van der Waals surface area (Å²) < 4.78 is 1.99. The van der Waals surface area contributed by atoms with E-state index in [0.29, 0.717) is 19.5 Å². The Balaban J connectivity index is 1.31. The van der Waals surface area contributed by atoms with Crippen molar-refractivity contribution < 1.29 is 4.79 Å². The summed E-state index contributed by atoms with van der Waals surface area (Å²) in [6, 6.07) is 1.83. The van der Waals surface area contributed by atoms with Crippen LogP contribution in [0.4, 0.5) is 5.95 Å². The lowest BCUT2D eigenvalue weighted by molar-refractivity contribution is -0.121. The standard InChI is InChI=1S/C17H25N7O/c1-15-18-7-10-23(15)8-3-16(25)19-6-9-22-11-13-24(14-12-22)17-20-4-2-5-21-17/h2,4-5,7,10H,3,6,8-9,11-14H2,1H3,(H,19,25). The molecule has 8 nitrogen and oxygen atoms in total. The van der Waals surface area contributed by atoms with Crippen molar-refractivity contribution in [3.05, 3.63) is 36.7 Å². The number of aromatic nitrogens is 4. The number of aryl methyl sites for hydroxylation is 2. The molecule has 134 valence electrons. The van der Waals surface area contributed by atoms with Crippen LogP contribution < -0.4 is 10.2 Å². The van der Waals surface area contributed by atoms with E-state index in [1.807, 2.05) is 23.8 Å². The number of amides is 1. The molecule has 0 radical (unpaired) electrons. The highest BCUT2D eigenvalue weighted by Crippen LogP contribution is 2.09. The van der Waals surface area contributed by atoms with Gasteiger partial charge in [-0.05, 0) is 13.0 Å². The molecule has 0 atom stereocenters. The molecule has 1 fully saturated rings. The molecule has 3 rings (SSSR count). The molecule has 8 heteroatoms. The van der Waals surface area contributed by atoms with Crippen molar-refractivity contribution in [1.82, 2.24) is 29.7 Å². The Morgan fingerprint density at radius 2 is 1.84 bits per heavy atom. The minimum Gasteiger partial charge on any atom is -0.355 e. The predicted molar refractivity (Wildman–Crippen MR) is 95.3 cm³/mol. The van der Waals surface area contributed by atoms with Crippen molar-refractivity contribution in [3.63, 3.8) is 0 Å². The Morgan fingerprint density at radius 1 is 1.08 bits per heavy atom. The van der Waals surface area contributed by atoms with Gasteiger partial charge in [0, 0.05) is 77.0 Å². The summed E-state index contributed by atoms with van der Waals surface area (Å²) in [4.78, 5) is 29.2. The summed E-state index contributed by atoms with van der Waals surface area (Å²) in [5.41, 5.74) is 0. The molecule has 3 heterocycles. The van der Waals surface area contributed by atoms with Crippen LogP contribution in [-0.2, 0) is 11.3 Å². The highest BCUT2D eigenvalue weighted by molar-refractivity contribution is 5.75. The predicted octanol–water partition coefficient (Wildman–Crippen LogP) is 0.310. The fourth-order valence-corrected chi connectivity index (χ4v) is 2.93. The minimum absolute atomic E-state index is 0.0874. The summed E-state index contributed by atoms with van der Waals surface area (Å²) in [6.45, 7) is 7.93. The van der Waals surface area contributed by atoms with Crippen LogP contribution in [0.5, 0.6) is 0 Å². The van der Waals surface area contributed by atoms with Gasteiger partial charge < -0.3 is 14.8 Å². The lowest BCUT2D eigenvalue weighted by Crippen LogP contribution is -2.49. The number of carbonyl (C=O) groups excluding carboxylic acids is 1. The lowest BCUT2D eigenvalue weighted by atomic mass is 10.3. The second-order valence-corrected chi connectivity index (χ2v) is 6.15. The number of carbonyl (C=O) groups is 1. The van der Waals surface area contributed by atoms with Gasteiger partial charge in [0.1, 0.15) is 5.82 Å². The summed E-state index contributed by atoms with van der Waals surface area (Å²) >= 11 is 0. The first-order valence-corrected chi connectivity index (χ1v) is 8.71. The molecule has 0 aromatic carbocycles. The van der Waals surface area contributed by atoms with Crippen LogP contribution in [0.25, 0.3) is 0 Å². The van der Waals surface area contributed by atoms with E-state index in [0.717, 1.165) is 44.5 Å². The van der Waals surface area contributed by atoms with Crippen LogP contribution in [0.2, 0.25) is 0 Å². The second kappa shape index (κ2) is 8.57. The summed E-state index contributed by atoms with van der Waals surface area (Å²) in [6.07, 6.45) is 7.69. The van der Waals surface area contributed by atoms with Gasteiger partial charge in [-0.2, -0.15) is 0 Å². The zero-order valence-corrected chi connectivity index (χ0v) is 14.6.